The summed E-state index contributed by atoms with van der Waals surface area (Å²) in [6.07, 6.45) is 3.51. The van der Waals surface area contributed by atoms with Crippen molar-refractivity contribution in [2.75, 3.05) is 6.54 Å². The van der Waals surface area contributed by atoms with Gasteiger partial charge in [0.15, 0.2) is 0 Å². The van der Waals surface area contributed by atoms with Crippen molar-refractivity contribution in [1.29, 1.82) is 0 Å². The predicted octanol–water partition coefficient (Wildman–Crippen LogP) is 0.0657. The van der Waals surface area contributed by atoms with Crippen molar-refractivity contribution in [3.05, 3.63) is 11.9 Å². The van der Waals surface area contributed by atoms with E-state index in [0.29, 0.717) is 0 Å². The van der Waals surface area contributed by atoms with Crippen LogP contribution in [0.4, 0.5) is 0 Å². The first-order valence-corrected chi connectivity index (χ1v) is 4.92. The van der Waals surface area contributed by atoms with Crippen molar-refractivity contribution in [2.24, 2.45) is 7.05 Å². The second-order valence-electron chi connectivity index (χ2n) is 3.55. The fraction of sp³-hybridized carbons (Fsp3) is 0.778. The van der Waals surface area contributed by atoms with Gasteiger partial charge < -0.3 is 10.4 Å². The third kappa shape index (κ3) is 4.34. The van der Waals surface area contributed by atoms with Crippen LogP contribution in [0.5, 0.6) is 0 Å². The van der Waals surface area contributed by atoms with Gasteiger partial charge in [0.1, 0.15) is 0 Å². The van der Waals surface area contributed by atoms with Crippen molar-refractivity contribution in [3.63, 3.8) is 0 Å². The number of aliphatic hydroxyl groups excluding tert-OH is 1. The molecule has 5 heteroatoms. The molecular weight excluding hydrogens is 180 g/mol. The van der Waals surface area contributed by atoms with Gasteiger partial charge in [-0.15, -0.1) is 5.10 Å². The molecule has 1 unspecified atom stereocenters. The maximum atomic E-state index is 9.02. The lowest BCUT2D eigenvalue weighted by Crippen LogP contribution is -2.16. The molecular formula is C9H18N4O. The molecule has 1 rings (SSSR count). The topological polar surface area (TPSA) is 63.0 Å². The van der Waals surface area contributed by atoms with Gasteiger partial charge in [-0.1, -0.05) is 5.21 Å². The van der Waals surface area contributed by atoms with Crippen molar-refractivity contribution >= 4 is 0 Å². The highest BCUT2D eigenvalue weighted by atomic mass is 16.3. The third-order valence-corrected chi connectivity index (χ3v) is 1.93. The van der Waals surface area contributed by atoms with E-state index in [0.717, 1.165) is 31.6 Å². The van der Waals surface area contributed by atoms with Crippen LogP contribution >= 0.6 is 0 Å². The summed E-state index contributed by atoms with van der Waals surface area (Å²) < 4.78 is 1.69. The highest BCUT2D eigenvalue weighted by Crippen LogP contribution is 1.95. The zero-order valence-corrected chi connectivity index (χ0v) is 8.77. The van der Waals surface area contributed by atoms with Crippen LogP contribution in [0.25, 0.3) is 0 Å². The number of hydrogen-bond donors (Lipinski definition) is 2. The number of aromatic nitrogens is 3. The van der Waals surface area contributed by atoms with E-state index in [1.54, 1.807) is 4.68 Å². The van der Waals surface area contributed by atoms with Crippen LogP contribution in [0.15, 0.2) is 6.20 Å². The highest BCUT2D eigenvalue weighted by molar-refractivity contribution is 4.90. The van der Waals surface area contributed by atoms with Crippen LogP contribution in [-0.2, 0) is 13.6 Å². The molecule has 0 amide bonds. The standard InChI is InChI=1S/C9H18N4O/c1-8(14)4-3-5-10-6-9-7-13(2)12-11-9/h7-8,10,14H,3-6H2,1-2H3. The quantitative estimate of drug-likeness (QED) is 0.635. The molecule has 0 bridgehead atoms. The summed E-state index contributed by atoms with van der Waals surface area (Å²) in [6.45, 7) is 3.46. The largest absolute Gasteiger partial charge is 0.393 e. The molecule has 0 aliphatic rings. The van der Waals surface area contributed by atoms with Crippen molar-refractivity contribution in [2.45, 2.75) is 32.4 Å². The van der Waals surface area contributed by atoms with Crippen LogP contribution in [0.2, 0.25) is 0 Å². The Bertz CT molecular complexity index is 259. The zero-order chi connectivity index (χ0) is 10.4. The van der Waals surface area contributed by atoms with Gasteiger partial charge in [-0.25, -0.2) is 0 Å². The lowest BCUT2D eigenvalue weighted by molar-refractivity contribution is 0.181. The molecule has 0 saturated carbocycles. The Kier molecular flexibility index (Phi) is 4.55. The van der Waals surface area contributed by atoms with Gasteiger partial charge in [-0.2, -0.15) is 0 Å². The molecule has 80 valence electrons. The number of nitrogens with zero attached hydrogens (tertiary/aromatic N) is 3. The predicted molar refractivity (Wildman–Crippen MR) is 53.6 cm³/mol. The van der Waals surface area contributed by atoms with E-state index in [1.165, 1.54) is 0 Å². The summed E-state index contributed by atoms with van der Waals surface area (Å²) in [5.41, 5.74) is 0.949. The van der Waals surface area contributed by atoms with Crippen LogP contribution in [0.1, 0.15) is 25.5 Å². The van der Waals surface area contributed by atoms with E-state index in [2.05, 4.69) is 15.6 Å². The van der Waals surface area contributed by atoms with Crippen LogP contribution < -0.4 is 5.32 Å². The van der Waals surface area contributed by atoms with Gasteiger partial charge in [0.2, 0.25) is 0 Å². The summed E-state index contributed by atoms with van der Waals surface area (Å²) in [5, 5.41) is 20.0. The Morgan fingerprint density at radius 3 is 3.00 bits per heavy atom. The minimum atomic E-state index is -0.201. The number of nitrogens with one attached hydrogen (secondary N) is 1. The molecule has 14 heavy (non-hydrogen) atoms. The summed E-state index contributed by atoms with van der Waals surface area (Å²) >= 11 is 0. The molecule has 0 aliphatic heterocycles. The average Bonchev–Trinajstić information content (AvgIpc) is 2.50. The third-order valence-electron chi connectivity index (χ3n) is 1.93. The summed E-state index contributed by atoms with van der Waals surface area (Å²) in [4.78, 5) is 0. The Morgan fingerprint density at radius 2 is 2.43 bits per heavy atom. The first-order chi connectivity index (χ1) is 6.68. The molecule has 1 heterocycles. The summed E-state index contributed by atoms with van der Waals surface area (Å²) in [5.74, 6) is 0. The summed E-state index contributed by atoms with van der Waals surface area (Å²) in [6, 6.07) is 0. The molecule has 5 nitrogen and oxygen atoms in total. The maximum Gasteiger partial charge on any atom is 0.0964 e. The van der Waals surface area contributed by atoms with Gasteiger partial charge in [-0.3, -0.25) is 4.68 Å². The van der Waals surface area contributed by atoms with Gasteiger partial charge in [0.25, 0.3) is 0 Å². The molecule has 0 fully saturated rings. The molecule has 0 spiro atoms. The SMILES string of the molecule is CC(O)CCCNCc1cn(C)nn1. The molecule has 1 atom stereocenters. The minimum Gasteiger partial charge on any atom is -0.393 e. The second kappa shape index (κ2) is 5.72. The van der Waals surface area contributed by atoms with Gasteiger partial charge in [0, 0.05) is 19.8 Å². The Labute approximate surface area is 84.1 Å². The second-order valence-corrected chi connectivity index (χ2v) is 3.55. The van der Waals surface area contributed by atoms with Crippen molar-refractivity contribution in [1.82, 2.24) is 20.3 Å². The molecule has 0 saturated heterocycles. The van der Waals surface area contributed by atoms with E-state index in [9.17, 15) is 0 Å². The first-order valence-electron chi connectivity index (χ1n) is 4.92. The van der Waals surface area contributed by atoms with Crippen LogP contribution in [0, 0.1) is 0 Å². The molecule has 1 aromatic heterocycles. The smallest absolute Gasteiger partial charge is 0.0964 e. The van der Waals surface area contributed by atoms with Gasteiger partial charge in [0.05, 0.1) is 11.8 Å². The Morgan fingerprint density at radius 1 is 1.64 bits per heavy atom. The van der Waals surface area contributed by atoms with E-state index in [1.807, 2.05) is 20.2 Å². The number of hydrogen-bond acceptors (Lipinski definition) is 4. The number of aliphatic hydroxyl groups is 1. The molecule has 1 aromatic rings. The zero-order valence-electron chi connectivity index (χ0n) is 8.77. The van der Waals surface area contributed by atoms with Gasteiger partial charge >= 0.3 is 0 Å². The average molecular weight is 198 g/mol. The fourth-order valence-corrected chi connectivity index (χ4v) is 1.22. The Hall–Kier alpha value is -0.940. The lowest BCUT2D eigenvalue weighted by Gasteiger charge is -2.04. The van der Waals surface area contributed by atoms with Crippen molar-refractivity contribution < 1.29 is 5.11 Å². The van der Waals surface area contributed by atoms with E-state index < -0.39 is 0 Å². The molecule has 0 aromatic carbocycles. The van der Waals surface area contributed by atoms with Crippen molar-refractivity contribution in [3.8, 4) is 0 Å². The summed E-state index contributed by atoms with van der Waals surface area (Å²) in [7, 11) is 1.85. The normalized spacial score (nSPS) is 13.1. The van der Waals surface area contributed by atoms with Crippen LogP contribution in [-0.4, -0.2) is 32.7 Å². The molecule has 2 N–H and O–H groups in total. The molecule has 0 radical (unpaired) electrons. The highest BCUT2D eigenvalue weighted by Gasteiger charge is 1.98. The Balaban J connectivity index is 2.04. The monoisotopic (exact) mass is 198 g/mol. The number of aryl methyl sites for hydroxylation is 1. The van der Waals surface area contributed by atoms with E-state index in [4.69, 9.17) is 5.11 Å². The number of rotatable bonds is 6. The van der Waals surface area contributed by atoms with Gasteiger partial charge in [-0.05, 0) is 26.3 Å². The van der Waals surface area contributed by atoms with Crippen LogP contribution in [0.3, 0.4) is 0 Å². The minimum absolute atomic E-state index is 0.201. The maximum absolute atomic E-state index is 9.02. The first kappa shape index (κ1) is 11.1. The molecule has 0 aliphatic carbocycles. The lowest BCUT2D eigenvalue weighted by atomic mass is 10.2. The fourth-order valence-electron chi connectivity index (χ4n) is 1.22. The van der Waals surface area contributed by atoms with E-state index >= 15 is 0 Å². The van der Waals surface area contributed by atoms with E-state index in [-0.39, 0.29) is 6.10 Å².